The number of aromatic nitrogens is 1. The van der Waals surface area contributed by atoms with Crippen LogP contribution in [-0.4, -0.2) is 47.2 Å². The number of carbonyl (C=O) groups is 1. The highest BCUT2D eigenvalue weighted by molar-refractivity contribution is 7.20. The van der Waals surface area contributed by atoms with Gasteiger partial charge in [0.2, 0.25) is 5.91 Å². The Labute approximate surface area is 169 Å². The minimum Gasteiger partial charge on any atom is -0.397 e. The molecular weight excluding hydrogens is 372 g/mol. The summed E-state index contributed by atoms with van der Waals surface area (Å²) in [5, 5.41) is 12.4. The van der Waals surface area contributed by atoms with Crippen LogP contribution in [0.15, 0.2) is 18.2 Å². The SMILES string of the molecule is CC(C)(C)Nc1cc(NCCN2CCCC2=O)c2sc(/C(N)=C/C=[NH2+])cc2n1. The third-order valence-corrected chi connectivity index (χ3v) is 5.62. The first-order chi connectivity index (χ1) is 13.3. The molecule has 2 aromatic rings. The van der Waals surface area contributed by atoms with Gasteiger partial charge in [0.15, 0.2) is 6.21 Å². The molecule has 1 saturated heterocycles. The first-order valence-electron chi connectivity index (χ1n) is 9.52. The van der Waals surface area contributed by atoms with E-state index in [1.807, 2.05) is 17.0 Å². The van der Waals surface area contributed by atoms with Crippen molar-refractivity contribution in [1.29, 1.82) is 0 Å². The number of nitrogens with two attached hydrogens (primary N) is 2. The highest BCUT2D eigenvalue weighted by Crippen LogP contribution is 2.35. The van der Waals surface area contributed by atoms with E-state index in [9.17, 15) is 4.79 Å². The number of amides is 1. The monoisotopic (exact) mass is 401 g/mol. The standard InChI is InChI=1S/C20H28N6OS/c1-20(2,3)25-17-12-14(23-8-10-26-9-4-5-18(26)27)19-15(24-17)11-16(28-19)13(22)6-7-21/h6-7,11-12,21H,4-5,8-10,22H2,1-3H3,(H2,23,24,25)/p+1/b13-6-,21-7?. The zero-order valence-corrected chi connectivity index (χ0v) is 17.5. The molecule has 150 valence electrons. The van der Waals surface area contributed by atoms with E-state index in [4.69, 9.17) is 16.1 Å². The number of nitrogens with zero attached hydrogens (tertiary/aromatic N) is 2. The van der Waals surface area contributed by atoms with Gasteiger partial charge in [0.25, 0.3) is 0 Å². The van der Waals surface area contributed by atoms with Crippen molar-refractivity contribution in [2.24, 2.45) is 5.73 Å². The van der Waals surface area contributed by atoms with Gasteiger partial charge in [-0.3, -0.25) is 10.2 Å². The van der Waals surface area contributed by atoms with E-state index >= 15 is 0 Å². The van der Waals surface area contributed by atoms with Crippen molar-refractivity contribution in [2.75, 3.05) is 30.3 Å². The molecule has 0 spiro atoms. The molecule has 0 radical (unpaired) electrons. The summed E-state index contributed by atoms with van der Waals surface area (Å²) in [7, 11) is 0. The highest BCUT2D eigenvalue weighted by Gasteiger charge is 2.20. The van der Waals surface area contributed by atoms with E-state index in [1.165, 1.54) is 6.21 Å². The Bertz CT molecular complexity index is 911. The Hall–Kier alpha value is -2.61. The van der Waals surface area contributed by atoms with Crippen molar-refractivity contribution in [2.45, 2.75) is 39.2 Å². The molecule has 0 saturated carbocycles. The van der Waals surface area contributed by atoms with E-state index in [0.29, 0.717) is 25.2 Å². The number of carbonyl (C=O) groups excluding carboxylic acids is 1. The van der Waals surface area contributed by atoms with Gasteiger partial charge < -0.3 is 21.3 Å². The van der Waals surface area contributed by atoms with E-state index in [0.717, 1.165) is 39.6 Å². The molecule has 2 aromatic heterocycles. The fourth-order valence-electron chi connectivity index (χ4n) is 3.20. The Morgan fingerprint density at radius 1 is 1.43 bits per heavy atom. The van der Waals surface area contributed by atoms with Gasteiger partial charge >= 0.3 is 0 Å². The van der Waals surface area contributed by atoms with Crippen molar-refractivity contribution in [3.8, 4) is 0 Å². The number of fused-ring (bicyclic) bond motifs is 1. The maximum absolute atomic E-state index is 11.8. The molecular formula is C20H29N6OS+. The van der Waals surface area contributed by atoms with Crippen LogP contribution in [0, 0.1) is 0 Å². The Morgan fingerprint density at radius 3 is 2.86 bits per heavy atom. The molecule has 1 amide bonds. The number of thiophene rings is 1. The lowest BCUT2D eigenvalue weighted by molar-refractivity contribution is -0.127. The van der Waals surface area contributed by atoms with Gasteiger partial charge in [0.05, 0.1) is 26.5 Å². The van der Waals surface area contributed by atoms with E-state index in [2.05, 4.69) is 31.4 Å². The van der Waals surface area contributed by atoms with Crippen LogP contribution in [0.3, 0.4) is 0 Å². The van der Waals surface area contributed by atoms with Crippen molar-refractivity contribution in [3.05, 3.63) is 23.1 Å². The minimum absolute atomic E-state index is 0.105. The van der Waals surface area contributed by atoms with Gasteiger partial charge in [-0.15, -0.1) is 11.3 Å². The third-order valence-electron chi connectivity index (χ3n) is 4.41. The first kappa shape index (κ1) is 20.1. The van der Waals surface area contributed by atoms with Crippen LogP contribution < -0.4 is 21.8 Å². The Kier molecular flexibility index (Phi) is 5.88. The fourth-order valence-corrected chi connectivity index (χ4v) is 4.22. The first-order valence-corrected chi connectivity index (χ1v) is 10.3. The second-order valence-electron chi connectivity index (χ2n) is 7.98. The molecule has 3 rings (SSSR count). The molecule has 0 aliphatic carbocycles. The lowest BCUT2D eigenvalue weighted by atomic mass is 10.1. The molecule has 1 fully saturated rings. The molecule has 0 atom stereocenters. The van der Waals surface area contributed by atoms with Crippen LogP contribution >= 0.6 is 11.3 Å². The molecule has 0 bridgehead atoms. The fraction of sp³-hybridized carbons (Fsp3) is 0.450. The summed E-state index contributed by atoms with van der Waals surface area (Å²) in [6, 6.07) is 4.01. The molecule has 0 aromatic carbocycles. The number of likely N-dealkylation sites (tertiary alicyclic amines) is 1. The summed E-state index contributed by atoms with van der Waals surface area (Å²) < 4.78 is 1.04. The summed E-state index contributed by atoms with van der Waals surface area (Å²) in [5.41, 5.74) is 8.49. The summed E-state index contributed by atoms with van der Waals surface area (Å²) in [6.45, 7) is 8.54. The van der Waals surface area contributed by atoms with Crippen molar-refractivity contribution in [1.82, 2.24) is 9.88 Å². The van der Waals surface area contributed by atoms with E-state index < -0.39 is 0 Å². The number of allylic oxidation sites excluding steroid dienone is 1. The van der Waals surface area contributed by atoms with E-state index in [-0.39, 0.29) is 11.4 Å². The average molecular weight is 402 g/mol. The Balaban J connectivity index is 1.88. The third kappa shape index (κ3) is 4.81. The maximum atomic E-state index is 11.8. The molecule has 7 nitrogen and oxygen atoms in total. The topological polar surface area (TPSA) is 109 Å². The zero-order valence-electron chi connectivity index (χ0n) is 16.7. The predicted molar refractivity (Wildman–Crippen MR) is 117 cm³/mol. The van der Waals surface area contributed by atoms with Crippen LogP contribution in [-0.2, 0) is 4.79 Å². The average Bonchev–Trinajstić information content (AvgIpc) is 3.20. The van der Waals surface area contributed by atoms with Gasteiger partial charge in [-0.1, -0.05) is 0 Å². The van der Waals surface area contributed by atoms with Crippen LogP contribution in [0.25, 0.3) is 15.9 Å². The van der Waals surface area contributed by atoms with Gasteiger partial charge in [0, 0.05) is 43.7 Å². The molecule has 28 heavy (non-hydrogen) atoms. The minimum atomic E-state index is -0.105. The largest absolute Gasteiger partial charge is 0.397 e. The van der Waals surface area contributed by atoms with Crippen LogP contribution in [0.1, 0.15) is 38.5 Å². The number of anilines is 2. The zero-order chi connectivity index (χ0) is 20.3. The number of hydrogen-bond acceptors (Lipinski definition) is 6. The molecule has 1 aliphatic heterocycles. The van der Waals surface area contributed by atoms with Gasteiger partial charge in [-0.25, -0.2) is 4.98 Å². The maximum Gasteiger partial charge on any atom is 0.222 e. The number of hydrogen-bond donors (Lipinski definition) is 4. The normalized spacial score (nSPS) is 15.3. The van der Waals surface area contributed by atoms with Gasteiger partial charge in [-0.2, -0.15) is 0 Å². The number of pyridine rings is 1. The summed E-state index contributed by atoms with van der Waals surface area (Å²) in [4.78, 5) is 19.4. The lowest BCUT2D eigenvalue weighted by Crippen LogP contribution is -2.30. The molecule has 8 heteroatoms. The molecule has 6 N–H and O–H groups in total. The van der Waals surface area contributed by atoms with Gasteiger partial charge in [0.1, 0.15) is 5.82 Å². The quantitative estimate of drug-likeness (QED) is 0.528. The van der Waals surface area contributed by atoms with Crippen molar-refractivity contribution >= 4 is 50.9 Å². The molecule has 0 unspecified atom stereocenters. The summed E-state index contributed by atoms with van der Waals surface area (Å²) in [5.74, 6) is 1.04. The summed E-state index contributed by atoms with van der Waals surface area (Å²) >= 11 is 1.58. The predicted octanol–water partition coefficient (Wildman–Crippen LogP) is 1.67. The van der Waals surface area contributed by atoms with E-state index in [1.54, 1.807) is 17.4 Å². The summed E-state index contributed by atoms with van der Waals surface area (Å²) in [6.07, 6.45) is 4.74. The van der Waals surface area contributed by atoms with Crippen molar-refractivity contribution in [3.63, 3.8) is 0 Å². The highest BCUT2D eigenvalue weighted by atomic mass is 32.1. The second-order valence-corrected chi connectivity index (χ2v) is 9.03. The van der Waals surface area contributed by atoms with Crippen molar-refractivity contribution < 1.29 is 10.2 Å². The number of rotatable bonds is 7. The van der Waals surface area contributed by atoms with Gasteiger partial charge in [-0.05, 0) is 33.3 Å². The lowest BCUT2D eigenvalue weighted by Gasteiger charge is -2.22. The molecule has 3 heterocycles. The van der Waals surface area contributed by atoms with Crippen LogP contribution in [0.4, 0.5) is 11.5 Å². The number of nitrogens with one attached hydrogen (secondary N) is 2. The Morgan fingerprint density at radius 2 is 2.21 bits per heavy atom. The second kappa shape index (κ2) is 8.18. The molecule has 1 aliphatic rings. The van der Waals surface area contributed by atoms with Crippen LogP contribution in [0.5, 0.6) is 0 Å². The van der Waals surface area contributed by atoms with Crippen LogP contribution in [0.2, 0.25) is 0 Å². The smallest absolute Gasteiger partial charge is 0.222 e.